The fourth-order valence-electron chi connectivity index (χ4n) is 11.1. The summed E-state index contributed by atoms with van der Waals surface area (Å²) in [6, 6.07) is 83.0. The number of ether oxygens (including phenoxy) is 2. The third kappa shape index (κ3) is 8.75. The Morgan fingerprint density at radius 3 is 0.914 bits per heavy atom. The van der Waals surface area contributed by atoms with Crippen LogP contribution in [0.15, 0.2) is 231 Å². The Balaban J connectivity index is 0.00000280. The van der Waals surface area contributed by atoms with Crippen LogP contribution in [0.5, 0.6) is 0 Å². The molecule has 4 atom stereocenters. The van der Waals surface area contributed by atoms with E-state index in [-0.39, 0.29) is 17.5 Å². The number of halogens is 1. The molecule has 0 amide bonds. The van der Waals surface area contributed by atoms with Gasteiger partial charge in [0, 0.05) is 19.9 Å². The van der Waals surface area contributed by atoms with E-state index in [1.54, 1.807) is 20.0 Å². The predicted octanol–water partition coefficient (Wildman–Crippen LogP) is 16.5. The van der Waals surface area contributed by atoms with Crippen molar-refractivity contribution in [1.82, 2.24) is 0 Å². The first-order valence-electron chi connectivity index (χ1n) is 23.8. The van der Waals surface area contributed by atoms with E-state index in [1.807, 2.05) is 14.2 Å². The maximum atomic E-state index is 8.46. The normalized spacial score (nSPS) is 17.8. The van der Waals surface area contributed by atoms with Crippen LogP contribution in [0.3, 0.4) is 0 Å². The zero-order chi connectivity index (χ0) is 48.2. The van der Waals surface area contributed by atoms with Crippen molar-refractivity contribution in [2.75, 3.05) is 14.2 Å². The van der Waals surface area contributed by atoms with Gasteiger partial charge in [0.15, 0.2) is 19.6 Å². The number of rotatable bonds is 11. The molecule has 354 valence electrons. The van der Waals surface area contributed by atoms with Gasteiger partial charge < -0.3 is 18.5 Å². The van der Waals surface area contributed by atoms with Gasteiger partial charge in [0.2, 0.25) is 0 Å². The van der Waals surface area contributed by atoms with Gasteiger partial charge in [-0.25, -0.2) is 0 Å². The molecule has 1 aliphatic rings. The van der Waals surface area contributed by atoms with Crippen molar-refractivity contribution in [3.63, 3.8) is 0 Å². The summed E-state index contributed by atoms with van der Waals surface area (Å²) >= 11 is 1.75. The van der Waals surface area contributed by atoms with Crippen LogP contribution in [-0.4, -0.2) is 32.1 Å². The monoisotopic (exact) mass is 1140 g/mol. The summed E-state index contributed by atoms with van der Waals surface area (Å²) in [4.78, 5) is 0. The molecule has 1 saturated heterocycles. The topological polar surface area (TPSA) is 36.9 Å². The van der Waals surface area contributed by atoms with E-state index in [0.717, 1.165) is 65.3 Å². The Morgan fingerprint density at radius 1 is 0.386 bits per heavy atom. The Labute approximate surface area is 429 Å². The Hall–Kier alpha value is -5.46. The van der Waals surface area contributed by atoms with Crippen LogP contribution >= 0.6 is 17.6 Å². The molecule has 0 radical (unpaired) electrons. The average Bonchev–Trinajstić information content (AvgIpc) is 3.57. The van der Waals surface area contributed by atoms with Crippen molar-refractivity contribution in [2.45, 2.75) is 54.8 Å². The van der Waals surface area contributed by atoms with Crippen molar-refractivity contribution < 1.29 is 38.5 Å². The molecule has 70 heavy (non-hydrogen) atoms. The molecule has 0 saturated carbocycles. The minimum absolute atomic E-state index is 0.0191. The molecule has 1 heterocycles. The fraction of sp³-hybridized carbons (Fsp3) is 0.175. The molecule has 10 aromatic rings. The SMILES string of the molecule is CO[C@H]1[C@H](OC)C(c2ccc3ccccc3c2)(c2ccc3ccccc3c2)OP(C([C@@H](C)c2ccccc2)[C@@H](C)c2ccccc2)OC1(c1ccc2ccccc2c1)c1ccc2ccccc2c1.[Cl][Au]. The van der Waals surface area contributed by atoms with Gasteiger partial charge >= 0.3 is 29.2 Å². The van der Waals surface area contributed by atoms with Crippen LogP contribution in [0.25, 0.3) is 43.1 Å². The molecule has 0 unspecified atom stereocenters. The van der Waals surface area contributed by atoms with Crippen LogP contribution in [0.1, 0.15) is 59.1 Å². The summed E-state index contributed by atoms with van der Waals surface area (Å²) in [5.74, 6) is -0.0381. The molecule has 0 N–H and O–H groups in total. The van der Waals surface area contributed by atoms with E-state index in [9.17, 15) is 0 Å². The van der Waals surface area contributed by atoms with Crippen molar-refractivity contribution in [1.29, 1.82) is 0 Å². The van der Waals surface area contributed by atoms with Gasteiger partial charge in [-0.05, 0) is 113 Å². The third-order valence-electron chi connectivity index (χ3n) is 14.7. The summed E-state index contributed by atoms with van der Waals surface area (Å²) < 4.78 is 31.3. The first-order chi connectivity index (χ1) is 34.4. The van der Waals surface area contributed by atoms with Crippen molar-refractivity contribution in [2.24, 2.45) is 0 Å². The van der Waals surface area contributed by atoms with E-state index in [2.05, 4.69) is 254 Å². The number of benzene rings is 10. The standard InChI is InChI=1S/C63H55O4P.Au.ClH/c1-43(45-19-7-5-8-20-45)59(44(2)46-21-9-6-10-22-46)68-66-62(55-35-31-47-23-11-15-27-51(47)39-55,56-36-32-48-24-12-16-28-52(48)40-56)60(64-3)61(65-4)63(67-68,57-37-33-49-25-13-17-29-53(49)41-57)58-38-34-50-26-14-18-30-54(50)42-58;;/h5-44,59-61H,1-4H3;;1H/q;+1;/p-1/t43-,44-,60-,61-;;/m0../s1. The van der Waals surface area contributed by atoms with Gasteiger partial charge in [-0.1, -0.05) is 220 Å². The summed E-state index contributed by atoms with van der Waals surface area (Å²) in [6.45, 7) is 4.70. The van der Waals surface area contributed by atoms with Gasteiger partial charge in [-0.2, -0.15) is 0 Å². The van der Waals surface area contributed by atoms with Gasteiger partial charge in [0.1, 0.15) is 12.2 Å². The summed E-state index contributed by atoms with van der Waals surface area (Å²) in [5.41, 5.74) is 3.52. The van der Waals surface area contributed by atoms with Crippen LogP contribution in [0, 0.1) is 0 Å². The van der Waals surface area contributed by atoms with Crippen molar-refractivity contribution in [3.05, 3.63) is 264 Å². The maximum absolute atomic E-state index is 8.46. The molecule has 0 aromatic heterocycles. The quantitative estimate of drug-likeness (QED) is 0.0955. The second-order valence-electron chi connectivity index (χ2n) is 18.4. The molecule has 4 nitrogen and oxygen atoms in total. The van der Waals surface area contributed by atoms with E-state index in [4.69, 9.17) is 18.5 Å². The Morgan fingerprint density at radius 2 is 0.643 bits per heavy atom. The van der Waals surface area contributed by atoms with E-state index in [1.165, 1.54) is 11.1 Å². The van der Waals surface area contributed by atoms with Gasteiger partial charge in [-0.15, -0.1) is 0 Å². The first-order valence-corrected chi connectivity index (χ1v) is 27.8. The van der Waals surface area contributed by atoms with E-state index < -0.39 is 31.8 Å². The fourth-order valence-corrected chi connectivity index (χ4v) is 13.7. The molecule has 10 aromatic carbocycles. The molecular formula is C63H55AuClO4P. The summed E-state index contributed by atoms with van der Waals surface area (Å²) in [5, 5.41) is 8.99. The van der Waals surface area contributed by atoms with Crippen LogP contribution in [0.4, 0.5) is 0 Å². The zero-order valence-corrected chi connectivity index (χ0v) is 43.4. The summed E-state index contributed by atoms with van der Waals surface area (Å²) in [7, 11) is 6.25. The number of hydrogen-bond donors (Lipinski definition) is 0. The second kappa shape index (κ2) is 21.1. The molecule has 11 rings (SSSR count). The molecule has 1 fully saturated rings. The average molecular weight is 1140 g/mol. The number of hydrogen-bond acceptors (Lipinski definition) is 4. The molecule has 7 heteroatoms. The van der Waals surface area contributed by atoms with Crippen LogP contribution in [-0.2, 0) is 49.7 Å². The van der Waals surface area contributed by atoms with E-state index >= 15 is 0 Å². The molecular weight excluding hydrogens is 1080 g/mol. The van der Waals surface area contributed by atoms with Gasteiger partial charge in [0.25, 0.3) is 0 Å². The van der Waals surface area contributed by atoms with Crippen molar-refractivity contribution in [3.8, 4) is 0 Å². The Bertz CT molecular complexity index is 3000. The van der Waals surface area contributed by atoms with E-state index in [0.29, 0.717) is 0 Å². The number of methoxy groups -OCH3 is 2. The zero-order valence-electron chi connectivity index (χ0n) is 39.6. The van der Waals surface area contributed by atoms with Crippen molar-refractivity contribution >= 4 is 60.7 Å². The summed E-state index contributed by atoms with van der Waals surface area (Å²) in [6.07, 6.45) is -1.56. The predicted molar refractivity (Wildman–Crippen MR) is 287 cm³/mol. The Kier molecular flexibility index (Phi) is 14.5. The molecule has 0 spiro atoms. The van der Waals surface area contributed by atoms with Crippen LogP contribution < -0.4 is 0 Å². The molecule has 1 aliphatic heterocycles. The second-order valence-corrected chi connectivity index (χ2v) is 19.9. The minimum atomic E-state index is -1.96. The van der Waals surface area contributed by atoms with Crippen LogP contribution in [0.2, 0.25) is 0 Å². The molecule has 0 bridgehead atoms. The number of fused-ring (bicyclic) bond motifs is 4. The van der Waals surface area contributed by atoms with Gasteiger partial charge in [-0.3, -0.25) is 0 Å². The van der Waals surface area contributed by atoms with Gasteiger partial charge in [0.05, 0.1) is 0 Å². The first kappa shape index (κ1) is 48.2. The third-order valence-corrected chi connectivity index (χ3v) is 17.0. The molecule has 0 aliphatic carbocycles.